The lowest BCUT2D eigenvalue weighted by atomic mass is 9.84. The topological polar surface area (TPSA) is 93.4 Å². The summed E-state index contributed by atoms with van der Waals surface area (Å²) in [7, 11) is 1.74. The van der Waals surface area contributed by atoms with Crippen LogP contribution in [0.25, 0.3) is 0 Å². The number of likely N-dealkylation sites (N-methyl/N-ethyl adjacent to an activating group) is 1. The van der Waals surface area contributed by atoms with Crippen molar-refractivity contribution in [1.29, 1.82) is 0 Å². The van der Waals surface area contributed by atoms with Gasteiger partial charge in [-0.15, -0.1) is 0 Å². The molecule has 1 aliphatic heterocycles. The van der Waals surface area contributed by atoms with Crippen LogP contribution in [0, 0.1) is 0 Å². The van der Waals surface area contributed by atoms with E-state index in [-0.39, 0.29) is 6.61 Å². The molecule has 5 atom stereocenters. The van der Waals surface area contributed by atoms with Crippen LogP contribution in [0.5, 0.6) is 5.75 Å². The van der Waals surface area contributed by atoms with Crippen LogP contribution in [0.1, 0.15) is 29.7 Å². The van der Waals surface area contributed by atoms with Gasteiger partial charge in [0.05, 0.1) is 25.3 Å². The van der Waals surface area contributed by atoms with Gasteiger partial charge in [-0.25, -0.2) is 0 Å². The molecule has 6 heteroatoms. The van der Waals surface area contributed by atoms with E-state index in [1.54, 1.807) is 11.9 Å². The zero-order chi connectivity index (χ0) is 20.3. The Morgan fingerprint density at radius 1 is 0.929 bits per heavy atom. The van der Waals surface area contributed by atoms with E-state index in [9.17, 15) is 20.4 Å². The summed E-state index contributed by atoms with van der Waals surface area (Å²) >= 11 is 0. The van der Waals surface area contributed by atoms with E-state index in [0.717, 1.165) is 28.9 Å². The first-order valence-corrected chi connectivity index (χ1v) is 9.63. The fourth-order valence-electron chi connectivity index (χ4n) is 3.97. The van der Waals surface area contributed by atoms with Gasteiger partial charge in [0.1, 0.15) is 24.1 Å². The van der Waals surface area contributed by atoms with Crippen molar-refractivity contribution in [1.82, 2.24) is 4.90 Å². The van der Waals surface area contributed by atoms with E-state index in [4.69, 9.17) is 4.74 Å². The molecule has 5 unspecified atom stereocenters. The molecule has 28 heavy (non-hydrogen) atoms. The first-order chi connectivity index (χ1) is 13.5. The Balaban J connectivity index is 1.81. The maximum absolute atomic E-state index is 10.6. The summed E-state index contributed by atoms with van der Waals surface area (Å²) in [6.07, 6.45) is -2.94. The molecule has 0 aliphatic carbocycles. The fraction of sp³-hybridized carbons (Fsp3) is 0.455. The van der Waals surface area contributed by atoms with Crippen LogP contribution in [-0.2, 0) is 6.42 Å². The van der Waals surface area contributed by atoms with Crippen LogP contribution in [-0.4, -0.2) is 69.9 Å². The van der Waals surface area contributed by atoms with Crippen LogP contribution in [0.15, 0.2) is 48.5 Å². The summed E-state index contributed by atoms with van der Waals surface area (Å²) in [5.41, 5.74) is 3.05. The number of nitrogens with zero attached hydrogens (tertiary/aromatic N) is 1. The van der Waals surface area contributed by atoms with Gasteiger partial charge >= 0.3 is 0 Å². The van der Waals surface area contributed by atoms with Crippen LogP contribution in [0.2, 0.25) is 0 Å². The van der Waals surface area contributed by atoms with Crippen LogP contribution < -0.4 is 4.74 Å². The lowest BCUT2D eigenvalue weighted by molar-refractivity contribution is -0.166. The number of aliphatic hydroxyl groups excluding tert-OH is 4. The van der Waals surface area contributed by atoms with E-state index in [0.29, 0.717) is 6.61 Å². The van der Waals surface area contributed by atoms with Crippen molar-refractivity contribution in [2.45, 2.75) is 43.7 Å². The number of ether oxygens (including phenoxy) is 1. The summed E-state index contributed by atoms with van der Waals surface area (Å²) < 4.78 is 5.47. The molecule has 2 aromatic carbocycles. The number of likely N-dealkylation sites (tertiary alicyclic amines) is 1. The largest absolute Gasteiger partial charge is 0.494 e. The van der Waals surface area contributed by atoms with Crippen LogP contribution in [0.3, 0.4) is 0 Å². The van der Waals surface area contributed by atoms with Gasteiger partial charge in [-0.1, -0.05) is 36.4 Å². The highest BCUT2D eigenvalue weighted by molar-refractivity contribution is 5.34. The molecule has 6 nitrogen and oxygen atoms in total. The summed E-state index contributed by atoms with van der Waals surface area (Å²) in [6, 6.07) is 14.6. The number of hydrogen-bond acceptors (Lipinski definition) is 6. The maximum Gasteiger partial charge on any atom is 0.119 e. The van der Waals surface area contributed by atoms with E-state index in [2.05, 4.69) is 0 Å². The van der Waals surface area contributed by atoms with E-state index < -0.39 is 30.4 Å². The number of hydrogen-bond donors (Lipinski definition) is 4. The second-order valence-corrected chi connectivity index (χ2v) is 7.33. The molecular weight excluding hydrogens is 358 g/mol. The van der Waals surface area contributed by atoms with Crippen molar-refractivity contribution in [3.05, 3.63) is 65.2 Å². The molecule has 1 fully saturated rings. The molecular formula is C22H29NO5. The molecule has 0 aromatic heterocycles. The molecule has 4 N–H and O–H groups in total. The predicted octanol–water partition coefficient (Wildman–Crippen LogP) is 1.11. The average Bonchev–Trinajstić information content (AvgIpc) is 2.69. The molecule has 152 valence electrons. The number of rotatable bonds is 6. The molecule has 0 amide bonds. The van der Waals surface area contributed by atoms with Gasteiger partial charge in [0, 0.05) is 0 Å². The van der Waals surface area contributed by atoms with Gasteiger partial charge in [-0.2, -0.15) is 0 Å². The average molecular weight is 387 g/mol. The van der Waals surface area contributed by atoms with Crippen molar-refractivity contribution in [3.8, 4) is 5.75 Å². The van der Waals surface area contributed by atoms with Crippen molar-refractivity contribution >= 4 is 0 Å². The standard InChI is InChI=1S/C22H29NO5/c1-3-28-17-9-7-14(8-10-17)11-15-5-4-6-16(12-15)19-21(26)22(27)20(25)18(13-24)23(19)2/h4-10,12,18-22,24-27H,3,11,13H2,1-2H3. The first-order valence-electron chi connectivity index (χ1n) is 9.63. The third kappa shape index (κ3) is 4.21. The Kier molecular flexibility index (Phi) is 6.69. The highest BCUT2D eigenvalue weighted by Crippen LogP contribution is 2.34. The molecule has 0 bridgehead atoms. The van der Waals surface area contributed by atoms with Crippen molar-refractivity contribution in [2.75, 3.05) is 20.3 Å². The molecule has 3 rings (SSSR count). The van der Waals surface area contributed by atoms with Crippen molar-refractivity contribution in [2.24, 2.45) is 0 Å². The summed E-state index contributed by atoms with van der Waals surface area (Å²) in [4.78, 5) is 1.73. The van der Waals surface area contributed by atoms with E-state index >= 15 is 0 Å². The van der Waals surface area contributed by atoms with Gasteiger partial charge in [0.25, 0.3) is 0 Å². The fourth-order valence-corrected chi connectivity index (χ4v) is 3.97. The SMILES string of the molecule is CCOc1ccc(Cc2cccc(C3C(O)C(O)C(O)C(CO)N3C)c2)cc1. The Labute approximate surface area is 165 Å². The number of benzene rings is 2. The highest BCUT2D eigenvalue weighted by Gasteiger charge is 2.46. The zero-order valence-corrected chi connectivity index (χ0v) is 16.3. The molecule has 0 saturated carbocycles. The summed E-state index contributed by atoms with van der Waals surface area (Å²) in [5, 5.41) is 40.5. The van der Waals surface area contributed by atoms with E-state index in [1.165, 1.54) is 0 Å². The van der Waals surface area contributed by atoms with E-state index in [1.807, 2.05) is 55.5 Å². The van der Waals surface area contributed by atoms with Gasteiger partial charge in [0.2, 0.25) is 0 Å². The minimum absolute atomic E-state index is 0.302. The summed E-state index contributed by atoms with van der Waals surface area (Å²) in [5.74, 6) is 0.842. The molecule has 2 aromatic rings. The Morgan fingerprint density at radius 3 is 2.29 bits per heavy atom. The zero-order valence-electron chi connectivity index (χ0n) is 16.3. The Bertz CT molecular complexity index is 766. The minimum Gasteiger partial charge on any atom is -0.494 e. The minimum atomic E-state index is -1.31. The van der Waals surface area contributed by atoms with Gasteiger partial charge in [0.15, 0.2) is 0 Å². The molecule has 1 aliphatic rings. The lowest BCUT2D eigenvalue weighted by Gasteiger charge is -2.47. The van der Waals surface area contributed by atoms with Crippen molar-refractivity contribution in [3.63, 3.8) is 0 Å². The third-order valence-electron chi connectivity index (χ3n) is 5.50. The second-order valence-electron chi connectivity index (χ2n) is 7.33. The number of aliphatic hydroxyl groups is 4. The van der Waals surface area contributed by atoms with Crippen molar-refractivity contribution < 1.29 is 25.2 Å². The van der Waals surface area contributed by atoms with Gasteiger partial charge in [-0.3, -0.25) is 4.90 Å². The Hall–Kier alpha value is -1.96. The number of piperidine rings is 1. The molecule has 1 heterocycles. The predicted molar refractivity (Wildman–Crippen MR) is 106 cm³/mol. The van der Waals surface area contributed by atoms with Gasteiger partial charge < -0.3 is 25.2 Å². The maximum atomic E-state index is 10.6. The quantitative estimate of drug-likeness (QED) is 0.593. The Morgan fingerprint density at radius 2 is 1.64 bits per heavy atom. The van der Waals surface area contributed by atoms with Crippen LogP contribution >= 0.6 is 0 Å². The lowest BCUT2D eigenvalue weighted by Crippen LogP contribution is -2.62. The molecule has 1 saturated heterocycles. The normalized spacial score (nSPS) is 28.3. The first kappa shape index (κ1) is 20.8. The van der Waals surface area contributed by atoms with Gasteiger partial charge in [-0.05, 0) is 49.2 Å². The molecule has 0 spiro atoms. The molecule has 0 radical (unpaired) electrons. The second kappa shape index (κ2) is 9.03. The monoisotopic (exact) mass is 387 g/mol. The third-order valence-corrected chi connectivity index (χ3v) is 5.50. The summed E-state index contributed by atoms with van der Waals surface area (Å²) in [6.45, 7) is 2.28. The smallest absolute Gasteiger partial charge is 0.119 e. The van der Waals surface area contributed by atoms with Crippen LogP contribution in [0.4, 0.5) is 0 Å². The highest BCUT2D eigenvalue weighted by atomic mass is 16.5.